The lowest BCUT2D eigenvalue weighted by Crippen LogP contribution is -2.34. The molecule has 0 aliphatic heterocycles. The zero-order chi connectivity index (χ0) is 7.65. The highest BCUT2D eigenvalue weighted by Gasteiger charge is 2.23. The summed E-state index contributed by atoms with van der Waals surface area (Å²) in [4.78, 5) is 2.02. The first kappa shape index (κ1) is 9.25. The summed E-state index contributed by atoms with van der Waals surface area (Å²) in [5, 5.41) is 0. The van der Waals surface area contributed by atoms with Crippen molar-refractivity contribution in [3.8, 4) is 0 Å². The van der Waals surface area contributed by atoms with Crippen molar-refractivity contribution in [2.24, 2.45) is 5.41 Å². The molecular formula is C7H16ClN. The molecule has 0 aromatic rings. The maximum Gasteiger partial charge on any atom is 0.0894 e. The molecule has 0 saturated heterocycles. The maximum absolute atomic E-state index is 6.02. The largest absolute Gasteiger partial charge is 0.293 e. The van der Waals surface area contributed by atoms with Crippen LogP contribution in [-0.4, -0.2) is 24.5 Å². The molecule has 1 unspecified atom stereocenters. The highest BCUT2D eigenvalue weighted by Crippen LogP contribution is 2.25. The van der Waals surface area contributed by atoms with Crippen molar-refractivity contribution in [2.45, 2.75) is 26.3 Å². The van der Waals surface area contributed by atoms with Gasteiger partial charge < -0.3 is 0 Å². The van der Waals surface area contributed by atoms with Crippen LogP contribution in [0.15, 0.2) is 0 Å². The molecule has 1 atom stereocenters. The van der Waals surface area contributed by atoms with Crippen molar-refractivity contribution in [2.75, 3.05) is 14.1 Å². The summed E-state index contributed by atoms with van der Waals surface area (Å²) in [6, 6.07) is 0. The summed E-state index contributed by atoms with van der Waals surface area (Å²) >= 11 is 6.02. The third kappa shape index (κ3) is 3.07. The lowest BCUT2D eigenvalue weighted by Gasteiger charge is -2.30. The molecule has 0 amide bonds. The minimum atomic E-state index is 0.123. The fourth-order valence-corrected chi connectivity index (χ4v) is 0.775. The molecule has 0 saturated carbocycles. The van der Waals surface area contributed by atoms with E-state index in [2.05, 4.69) is 20.8 Å². The van der Waals surface area contributed by atoms with E-state index in [1.54, 1.807) is 0 Å². The van der Waals surface area contributed by atoms with Gasteiger partial charge in [-0.2, -0.15) is 0 Å². The average Bonchev–Trinajstić information content (AvgIpc) is 1.62. The molecule has 0 rings (SSSR count). The number of nitrogens with zero attached hydrogens (tertiary/aromatic N) is 1. The molecule has 56 valence electrons. The number of alkyl halides is 1. The summed E-state index contributed by atoms with van der Waals surface area (Å²) in [7, 11) is 3.98. The Balaban J connectivity index is 3.88. The van der Waals surface area contributed by atoms with Gasteiger partial charge in [-0.1, -0.05) is 20.8 Å². The Kier molecular flexibility index (Phi) is 2.97. The third-order valence-electron chi connectivity index (χ3n) is 1.17. The molecule has 0 aromatic heterocycles. The molecule has 0 aliphatic rings. The molecule has 0 heterocycles. The van der Waals surface area contributed by atoms with Gasteiger partial charge in [0.15, 0.2) is 0 Å². The summed E-state index contributed by atoms with van der Waals surface area (Å²) < 4.78 is 0. The Morgan fingerprint density at radius 2 is 1.56 bits per heavy atom. The number of halogens is 1. The molecule has 1 nitrogen and oxygen atoms in total. The first-order valence-corrected chi connectivity index (χ1v) is 3.60. The second kappa shape index (κ2) is 2.89. The van der Waals surface area contributed by atoms with Crippen molar-refractivity contribution >= 4 is 11.6 Å². The van der Waals surface area contributed by atoms with E-state index in [0.717, 1.165) is 0 Å². The number of hydrogen-bond donors (Lipinski definition) is 0. The van der Waals surface area contributed by atoms with E-state index in [1.165, 1.54) is 0 Å². The Labute approximate surface area is 63.0 Å². The second-order valence-electron chi connectivity index (χ2n) is 3.67. The van der Waals surface area contributed by atoms with Gasteiger partial charge in [-0.25, -0.2) is 0 Å². The number of rotatable bonds is 1. The standard InChI is InChI=1S/C7H16ClN/c1-7(2,3)6(8)9(4)5/h6H,1-5H3. The van der Waals surface area contributed by atoms with E-state index in [1.807, 2.05) is 19.0 Å². The lowest BCUT2D eigenvalue weighted by atomic mass is 9.96. The smallest absolute Gasteiger partial charge is 0.0894 e. The van der Waals surface area contributed by atoms with Crippen molar-refractivity contribution in [3.63, 3.8) is 0 Å². The van der Waals surface area contributed by atoms with Gasteiger partial charge in [0, 0.05) is 0 Å². The van der Waals surface area contributed by atoms with Crippen molar-refractivity contribution < 1.29 is 0 Å². The Morgan fingerprint density at radius 1 is 1.22 bits per heavy atom. The van der Waals surface area contributed by atoms with Crippen LogP contribution in [0, 0.1) is 5.41 Å². The van der Waals surface area contributed by atoms with Crippen LogP contribution in [-0.2, 0) is 0 Å². The van der Waals surface area contributed by atoms with Crippen molar-refractivity contribution in [3.05, 3.63) is 0 Å². The van der Waals surface area contributed by atoms with E-state index in [4.69, 9.17) is 11.6 Å². The van der Waals surface area contributed by atoms with Crippen LogP contribution in [0.2, 0.25) is 0 Å². The molecule has 0 radical (unpaired) electrons. The molecule has 2 heteroatoms. The number of hydrogen-bond acceptors (Lipinski definition) is 1. The topological polar surface area (TPSA) is 3.24 Å². The summed E-state index contributed by atoms with van der Waals surface area (Å²) in [6.07, 6.45) is 0. The van der Waals surface area contributed by atoms with E-state index in [9.17, 15) is 0 Å². The van der Waals surface area contributed by atoms with Crippen LogP contribution in [0.4, 0.5) is 0 Å². The normalized spacial score (nSPS) is 16.3. The Bertz CT molecular complexity index is 83.4. The van der Waals surface area contributed by atoms with Gasteiger partial charge in [0.2, 0.25) is 0 Å². The minimum absolute atomic E-state index is 0.123. The fraction of sp³-hybridized carbons (Fsp3) is 1.00. The predicted octanol–water partition coefficient (Wildman–Crippen LogP) is 2.16. The molecule has 0 bridgehead atoms. The van der Waals surface area contributed by atoms with Gasteiger partial charge in [-0.3, -0.25) is 4.90 Å². The summed E-state index contributed by atoms with van der Waals surface area (Å²) in [6.45, 7) is 6.39. The van der Waals surface area contributed by atoms with Crippen LogP contribution in [0.25, 0.3) is 0 Å². The second-order valence-corrected chi connectivity index (χ2v) is 4.08. The highest BCUT2D eigenvalue weighted by molar-refractivity contribution is 6.20. The van der Waals surface area contributed by atoms with Crippen LogP contribution >= 0.6 is 11.6 Å². The van der Waals surface area contributed by atoms with Crippen molar-refractivity contribution in [1.29, 1.82) is 0 Å². The van der Waals surface area contributed by atoms with Gasteiger partial charge in [0.1, 0.15) is 0 Å². The average molecular weight is 150 g/mol. The molecule has 9 heavy (non-hydrogen) atoms. The molecule has 0 spiro atoms. The zero-order valence-electron chi connectivity index (χ0n) is 6.90. The Morgan fingerprint density at radius 3 is 1.56 bits per heavy atom. The Hall–Kier alpha value is 0.250. The van der Waals surface area contributed by atoms with E-state index in [-0.39, 0.29) is 10.9 Å². The summed E-state index contributed by atoms with van der Waals surface area (Å²) in [5.74, 6) is 0. The van der Waals surface area contributed by atoms with Gasteiger partial charge in [-0.05, 0) is 19.5 Å². The van der Waals surface area contributed by atoms with E-state index >= 15 is 0 Å². The molecule has 0 aliphatic carbocycles. The van der Waals surface area contributed by atoms with Gasteiger partial charge in [0.25, 0.3) is 0 Å². The monoisotopic (exact) mass is 149 g/mol. The summed E-state index contributed by atoms with van der Waals surface area (Å²) in [5.41, 5.74) is 0.294. The molecule has 0 aromatic carbocycles. The van der Waals surface area contributed by atoms with Crippen LogP contribution < -0.4 is 0 Å². The third-order valence-corrected chi connectivity index (χ3v) is 2.21. The lowest BCUT2D eigenvalue weighted by molar-refractivity contribution is 0.224. The van der Waals surface area contributed by atoms with Crippen LogP contribution in [0.1, 0.15) is 20.8 Å². The molecule has 0 fully saturated rings. The first-order chi connectivity index (χ1) is 3.85. The zero-order valence-corrected chi connectivity index (χ0v) is 7.66. The first-order valence-electron chi connectivity index (χ1n) is 3.16. The molecule has 0 N–H and O–H groups in total. The van der Waals surface area contributed by atoms with E-state index in [0.29, 0.717) is 0 Å². The van der Waals surface area contributed by atoms with Gasteiger partial charge in [0.05, 0.1) is 5.50 Å². The quantitative estimate of drug-likeness (QED) is 0.408. The SMILES string of the molecule is CN(C)C(Cl)C(C)(C)C. The van der Waals surface area contributed by atoms with Crippen LogP contribution in [0.3, 0.4) is 0 Å². The highest BCUT2D eigenvalue weighted by atomic mass is 35.5. The van der Waals surface area contributed by atoms with Crippen LogP contribution in [0.5, 0.6) is 0 Å². The van der Waals surface area contributed by atoms with Crippen molar-refractivity contribution in [1.82, 2.24) is 4.90 Å². The van der Waals surface area contributed by atoms with Gasteiger partial charge >= 0.3 is 0 Å². The minimum Gasteiger partial charge on any atom is -0.293 e. The van der Waals surface area contributed by atoms with Gasteiger partial charge in [-0.15, -0.1) is 11.6 Å². The van der Waals surface area contributed by atoms with E-state index < -0.39 is 0 Å². The predicted molar refractivity (Wildman–Crippen MR) is 42.8 cm³/mol. The fourth-order valence-electron chi connectivity index (χ4n) is 0.775. The maximum atomic E-state index is 6.02. The molecular weight excluding hydrogens is 134 g/mol.